The Hall–Kier alpha value is -1.89. The number of likely N-dealkylation sites (tertiary alicyclic amines) is 1. The van der Waals surface area contributed by atoms with Crippen molar-refractivity contribution >= 4 is 11.8 Å². The number of nitrogens with zero attached hydrogens (tertiary/aromatic N) is 2. The SMILES string of the molecule is CC1C(c2cn[nH]c2)CC(=N)C(N2CCC(CNC(=O)OC(C)(C)C)CC2)C1C. The Bertz CT molecular complexity index is 689. The van der Waals surface area contributed by atoms with Crippen LogP contribution < -0.4 is 5.32 Å². The second kappa shape index (κ2) is 8.86. The summed E-state index contributed by atoms with van der Waals surface area (Å²) in [7, 11) is 0. The lowest BCUT2D eigenvalue weighted by molar-refractivity contribution is 0.0500. The average molecular weight is 404 g/mol. The summed E-state index contributed by atoms with van der Waals surface area (Å²) in [6.45, 7) is 12.9. The fourth-order valence-electron chi connectivity index (χ4n) is 4.93. The molecule has 4 unspecified atom stereocenters. The first-order valence-corrected chi connectivity index (χ1v) is 10.9. The number of rotatable bonds is 4. The van der Waals surface area contributed by atoms with E-state index >= 15 is 0 Å². The maximum Gasteiger partial charge on any atom is 0.407 e. The minimum atomic E-state index is -0.462. The first-order valence-electron chi connectivity index (χ1n) is 10.9. The molecule has 29 heavy (non-hydrogen) atoms. The number of hydrogen-bond acceptors (Lipinski definition) is 5. The highest BCUT2D eigenvalue weighted by Gasteiger charge is 2.41. The molecule has 7 heteroatoms. The van der Waals surface area contributed by atoms with Crippen molar-refractivity contribution in [3.63, 3.8) is 0 Å². The van der Waals surface area contributed by atoms with Crippen LogP contribution in [0.25, 0.3) is 0 Å². The van der Waals surface area contributed by atoms with Crippen LogP contribution in [0.4, 0.5) is 4.79 Å². The van der Waals surface area contributed by atoms with Crippen LogP contribution in [0.5, 0.6) is 0 Å². The van der Waals surface area contributed by atoms with Gasteiger partial charge in [-0.25, -0.2) is 4.79 Å². The van der Waals surface area contributed by atoms with E-state index in [4.69, 9.17) is 10.1 Å². The van der Waals surface area contributed by atoms with Crippen LogP contribution in [0.3, 0.4) is 0 Å². The van der Waals surface area contributed by atoms with Gasteiger partial charge in [0.2, 0.25) is 0 Å². The topological polar surface area (TPSA) is 94.1 Å². The number of ether oxygens (including phenoxy) is 1. The molecule has 0 radical (unpaired) electrons. The fraction of sp³-hybridized carbons (Fsp3) is 0.773. The molecule has 1 saturated heterocycles. The van der Waals surface area contributed by atoms with Crippen LogP contribution in [0, 0.1) is 23.2 Å². The molecule has 1 amide bonds. The monoisotopic (exact) mass is 403 g/mol. The molecular formula is C22H37N5O2. The highest BCUT2D eigenvalue weighted by atomic mass is 16.6. The summed E-state index contributed by atoms with van der Waals surface area (Å²) in [4.78, 5) is 14.4. The number of aromatic amines is 1. The van der Waals surface area contributed by atoms with Gasteiger partial charge in [-0.3, -0.25) is 10.00 Å². The first kappa shape index (κ1) is 21.8. The molecule has 1 aliphatic heterocycles. The Morgan fingerprint density at radius 3 is 2.59 bits per heavy atom. The number of aromatic nitrogens is 2. The average Bonchev–Trinajstić information content (AvgIpc) is 3.17. The standard InChI is InChI=1S/C22H37N5O2/c1-14-15(2)20(19(23)10-18(14)17-12-25-26-13-17)27-8-6-16(7-9-27)11-24-21(28)29-22(3,4)5/h12-16,18,20,23H,6-11H2,1-5H3,(H,24,28)(H,25,26). The summed E-state index contributed by atoms with van der Waals surface area (Å²) < 4.78 is 5.33. The molecule has 2 heterocycles. The van der Waals surface area contributed by atoms with E-state index in [-0.39, 0.29) is 12.1 Å². The van der Waals surface area contributed by atoms with E-state index in [9.17, 15) is 4.79 Å². The van der Waals surface area contributed by atoms with Gasteiger partial charge in [-0.1, -0.05) is 13.8 Å². The van der Waals surface area contributed by atoms with E-state index in [1.807, 2.05) is 33.2 Å². The van der Waals surface area contributed by atoms with Gasteiger partial charge in [-0.05, 0) is 82.4 Å². The summed E-state index contributed by atoms with van der Waals surface area (Å²) in [5, 5.41) is 18.7. The zero-order valence-electron chi connectivity index (χ0n) is 18.5. The van der Waals surface area contributed by atoms with Crippen LogP contribution in [0.2, 0.25) is 0 Å². The van der Waals surface area contributed by atoms with Crippen LogP contribution in [0.15, 0.2) is 12.4 Å². The molecule has 0 aromatic carbocycles. The lowest BCUT2D eigenvalue weighted by Crippen LogP contribution is -2.54. The quantitative estimate of drug-likeness (QED) is 0.713. The smallest absolute Gasteiger partial charge is 0.407 e. The van der Waals surface area contributed by atoms with Gasteiger partial charge in [0.15, 0.2) is 0 Å². The molecule has 162 valence electrons. The fourth-order valence-corrected chi connectivity index (χ4v) is 4.93. The molecular weight excluding hydrogens is 366 g/mol. The molecule has 4 atom stereocenters. The lowest BCUT2D eigenvalue weighted by Gasteiger charge is -2.47. The van der Waals surface area contributed by atoms with Gasteiger partial charge in [-0.2, -0.15) is 5.10 Å². The van der Waals surface area contributed by atoms with Crippen LogP contribution in [-0.2, 0) is 4.74 Å². The van der Waals surface area contributed by atoms with Gasteiger partial charge in [0.25, 0.3) is 0 Å². The third kappa shape index (κ3) is 5.38. The zero-order chi connectivity index (χ0) is 21.2. The molecule has 1 aliphatic carbocycles. The van der Waals surface area contributed by atoms with E-state index in [2.05, 4.69) is 34.3 Å². The van der Waals surface area contributed by atoms with Crippen molar-refractivity contribution in [2.45, 2.75) is 71.4 Å². The van der Waals surface area contributed by atoms with Crippen LogP contribution in [-0.4, -0.2) is 58.2 Å². The molecule has 7 nitrogen and oxygen atoms in total. The van der Waals surface area contributed by atoms with Gasteiger partial charge in [0.1, 0.15) is 5.60 Å². The van der Waals surface area contributed by atoms with Gasteiger partial charge in [0, 0.05) is 18.5 Å². The predicted molar refractivity (Wildman–Crippen MR) is 114 cm³/mol. The zero-order valence-corrected chi connectivity index (χ0v) is 18.5. The predicted octanol–water partition coefficient (Wildman–Crippen LogP) is 3.79. The second-order valence-electron chi connectivity index (χ2n) is 9.89. The number of piperidine rings is 1. The van der Waals surface area contributed by atoms with Crippen molar-refractivity contribution in [2.24, 2.45) is 17.8 Å². The van der Waals surface area contributed by atoms with Crippen molar-refractivity contribution < 1.29 is 9.53 Å². The number of carbonyl (C=O) groups is 1. The molecule has 1 saturated carbocycles. The number of nitrogens with one attached hydrogen (secondary N) is 3. The van der Waals surface area contributed by atoms with Gasteiger partial charge >= 0.3 is 6.09 Å². The van der Waals surface area contributed by atoms with Gasteiger partial charge in [0.05, 0.1) is 12.2 Å². The van der Waals surface area contributed by atoms with Crippen molar-refractivity contribution in [1.82, 2.24) is 20.4 Å². The summed E-state index contributed by atoms with van der Waals surface area (Å²) >= 11 is 0. The van der Waals surface area contributed by atoms with Crippen molar-refractivity contribution in [2.75, 3.05) is 19.6 Å². The number of carbonyl (C=O) groups excluding carboxylic acids is 1. The van der Waals surface area contributed by atoms with Crippen molar-refractivity contribution in [1.29, 1.82) is 5.41 Å². The van der Waals surface area contributed by atoms with Crippen molar-refractivity contribution in [3.8, 4) is 0 Å². The Labute approximate surface area is 174 Å². The summed E-state index contributed by atoms with van der Waals surface area (Å²) in [5.41, 5.74) is 1.61. The molecule has 1 aromatic rings. The van der Waals surface area contributed by atoms with E-state index in [0.29, 0.717) is 30.2 Å². The third-order valence-corrected chi connectivity index (χ3v) is 6.68. The van der Waals surface area contributed by atoms with Crippen LogP contribution in [0.1, 0.15) is 65.4 Å². The largest absolute Gasteiger partial charge is 0.444 e. The molecule has 1 aromatic heterocycles. The maximum atomic E-state index is 11.9. The molecule has 3 rings (SSSR count). The Morgan fingerprint density at radius 1 is 1.31 bits per heavy atom. The minimum Gasteiger partial charge on any atom is -0.444 e. The minimum absolute atomic E-state index is 0.230. The second-order valence-corrected chi connectivity index (χ2v) is 9.89. The van der Waals surface area contributed by atoms with E-state index < -0.39 is 5.60 Å². The van der Waals surface area contributed by atoms with E-state index in [1.165, 1.54) is 5.56 Å². The number of H-pyrrole nitrogens is 1. The Balaban J connectivity index is 1.50. The van der Waals surface area contributed by atoms with E-state index in [1.54, 1.807) is 0 Å². The Morgan fingerprint density at radius 2 is 2.00 bits per heavy atom. The van der Waals surface area contributed by atoms with Gasteiger partial charge < -0.3 is 15.5 Å². The number of alkyl carbamates (subject to hydrolysis) is 1. The summed E-state index contributed by atoms with van der Waals surface area (Å²) in [5.74, 6) is 1.80. The molecule has 2 aliphatic rings. The molecule has 2 fully saturated rings. The number of hydrogen-bond donors (Lipinski definition) is 3. The maximum absolute atomic E-state index is 11.9. The van der Waals surface area contributed by atoms with Gasteiger partial charge in [-0.15, -0.1) is 0 Å². The highest BCUT2D eigenvalue weighted by molar-refractivity contribution is 5.88. The number of amides is 1. The van der Waals surface area contributed by atoms with Crippen LogP contribution >= 0.6 is 0 Å². The van der Waals surface area contributed by atoms with E-state index in [0.717, 1.165) is 38.1 Å². The van der Waals surface area contributed by atoms with Crippen molar-refractivity contribution in [3.05, 3.63) is 18.0 Å². The Kier molecular flexibility index (Phi) is 6.66. The summed E-state index contributed by atoms with van der Waals surface area (Å²) in [6.07, 6.45) is 6.46. The first-order chi connectivity index (χ1) is 13.7. The summed E-state index contributed by atoms with van der Waals surface area (Å²) in [6, 6.07) is 0.230. The molecule has 3 N–H and O–H groups in total. The molecule has 0 bridgehead atoms. The highest BCUT2D eigenvalue weighted by Crippen LogP contribution is 2.41. The molecule has 0 spiro atoms. The lowest BCUT2D eigenvalue weighted by atomic mass is 9.67. The third-order valence-electron chi connectivity index (χ3n) is 6.68. The normalized spacial score (nSPS) is 29.6.